The fraction of sp³-hybridized carbons (Fsp3) is 0.333. The molecule has 1 aromatic carbocycles. The predicted octanol–water partition coefficient (Wildman–Crippen LogP) is 0.913. The van der Waals surface area contributed by atoms with E-state index in [1.807, 2.05) is 11.3 Å². The third-order valence-electron chi connectivity index (χ3n) is 2.30. The fourth-order valence-electron chi connectivity index (χ4n) is 1.49. The van der Waals surface area contributed by atoms with Gasteiger partial charge in [0.25, 0.3) is 0 Å². The zero-order chi connectivity index (χ0) is 10.1. The van der Waals surface area contributed by atoms with Crippen molar-refractivity contribution in [1.29, 1.82) is 0 Å². The van der Waals surface area contributed by atoms with Crippen molar-refractivity contribution in [2.75, 3.05) is 4.93 Å². The van der Waals surface area contributed by atoms with Crippen LogP contribution >= 0.6 is 11.3 Å². The van der Waals surface area contributed by atoms with Gasteiger partial charge in [-0.3, -0.25) is 0 Å². The van der Waals surface area contributed by atoms with Gasteiger partial charge in [-0.05, 0) is 0 Å². The molecule has 2 aromatic rings. The molecule has 2 heteroatoms. The van der Waals surface area contributed by atoms with Gasteiger partial charge in [-0.2, -0.15) is 0 Å². The van der Waals surface area contributed by atoms with Crippen molar-refractivity contribution >= 4 is 21.4 Å². The van der Waals surface area contributed by atoms with Gasteiger partial charge in [-0.15, -0.1) is 0 Å². The van der Waals surface area contributed by atoms with E-state index >= 15 is 0 Å². The second kappa shape index (κ2) is 4.19. The van der Waals surface area contributed by atoms with Gasteiger partial charge < -0.3 is 0 Å². The summed E-state index contributed by atoms with van der Waals surface area (Å²) in [5.41, 5.74) is 0. The average Bonchev–Trinajstić information content (AvgIpc) is 2.60. The third kappa shape index (κ3) is 1.82. The van der Waals surface area contributed by atoms with E-state index in [0.717, 1.165) is 0 Å². The summed E-state index contributed by atoms with van der Waals surface area (Å²) in [5, 5.41) is 1.51. The molecule has 0 nitrogen and oxygen atoms in total. The van der Waals surface area contributed by atoms with Crippen LogP contribution in [0.3, 0.4) is 0 Å². The summed E-state index contributed by atoms with van der Waals surface area (Å²) in [4.78, 5) is 3.85. The number of alkyl halides is 1. The first-order valence-electron chi connectivity index (χ1n) is 4.74. The first kappa shape index (κ1) is 10.4. The summed E-state index contributed by atoms with van der Waals surface area (Å²) in [6.45, 7) is 4.54. The van der Waals surface area contributed by atoms with Crippen molar-refractivity contribution in [3.63, 3.8) is 0 Å². The molecule has 0 fully saturated rings. The van der Waals surface area contributed by atoms with Gasteiger partial charge >= 0.3 is 100 Å². The van der Waals surface area contributed by atoms with Crippen molar-refractivity contribution in [3.05, 3.63) is 32.7 Å². The monoisotopic (exact) mass is 317 g/mol. The third-order valence-corrected chi connectivity index (χ3v) is 5.80. The molecule has 0 aliphatic rings. The first-order chi connectivity index (χ1) is 6.72. The standard InChI is InChI=1S/C12H14IS/c1-8(2)12-7-9-10(13-3)5-4-6-11(9)14-12/h4-8H,1-3H3/q-1. The Morgan fingerprint density at radius 1 is 1.29 bits per heavy atom. The molecule has 0 saturated heterocycles. The van der Waals surface area contributed by atoms with Crippen LogP contribution in [0, 0.1) is 3.57 Å². The Bertz CT molecular complexity index is 443. The normalized spacial score (nSPS) is 11.7. The second-order valence-corrected chi connectivity index (χ2v) is 7.00. The van der Waals surface area contributed by atoms with Crippen LogP contribution < -0.4 is 21.2 Å². The van der Waals surface area contributed by atoms with E-state index < -0.39 is 0 Å². The number of halogens is 1. The summed E-state index contributed by atoms with van der Waals surface area (Å²) in [6, 6.07) is 9.12. The molecule has 0 aliphatic carbocycles. The van der Waals surface area contributed by atoms with Gasteiger partial charge in [0.1, 0.15) is 0 Å². The van der Waals surface area contributed by atoms with Crippen LogP contribution in [0.1, 0.15) is 24.6 Å². The quantitative estimate of drug-likeness (QED) is 0.571. The molecule has 0 bridgehead atoms. The topological polar surface area (TPSA) is 0 Å². The van der Waals surface area contributed by atoms with Crippen LogP contribution in [0.25, 0.3) is 10.1 Å². The molecule has 1 aromatic heterocycles. The maximum absolute atomic E-state index is 2.39. The van der Waals surface area contributed by atoms with Gasteiger partial charge in [0.15, 0.2) is 0 Å². The number of rotatable bonds is 2. The van der Waals surface area contributed by atoms with Gasteiger partial charge in [0.2, 0.25) is 0 Å². The van der Waals surface area contributed by atoms with Gasteiger partial charge in [0.05, 0.1) is 0 Å². The maximum atomic E-state index is 2.39. The van der Waals surface area contributed by atoms with Gasteiger partial charge in [-0.1, -0.05) is 0 Å². The Balaban J connectivity index is 2.64. The predicted molar refractivity (Wildman–Crippen MR) is 60.5 cm³/mol. The molecular weight excluding hydrogens is 303 g/mol. The second-order valence-electron chi connectivity index (χ2n) is 3.64. The molecule has 0 unspecified atom stereocenters. The van der Waals surface area contributed by atoms with Crippen LogP contribution in [0.2, 0.25) is 0 Å². The molecule has 0 aliphatic heterocycles. The SMILES string of the molecule is C[I-]c1cccc2sc(C(C)C)cc12. The van der Waals surface area contributed by atoms with E-state index in [1.165, 1.54) is 15.0 Å². The number of benzene rings is 1. The Morgan fingerprint density at radius 3 is 2.71 bits per heavy atom. The molecule has 76 valence electrons. The molecule has 14 heavy (non-hydrogen) atoms. The van der Waals surface area contributed by atoms with Crippen LogP contribution in [0.5, 0.6) is 0 Å². The zero-order valence-electron chi connectivity index (χ0n) is 8.67. The minimum absolute atomic E-state index is 0.207. The van der Waals surface area contributed by atoms with E-state index in [1.54, 1.807) is 3.57 Å². The molecule has 1 heterocycles. The molecule has 0 saturated carbocycles. The van der Waals surface area contributed by atoms with Crippen molar-refractivity contribution in [3.8, 4) is 0 Å². The summed E-state index contributed by atoms with van der Waals surface area (Å²) < 4.78 is 3.05. The van der Waals surface area contributed by atoms with Crippen LogP contribution in [-0.2, 0) is 0 Å². The van der Waals surface area contributed by atoms with E-state index in [2.05, 4.69) is 43.0 Å². The van der Waals surface area contributed by atoms with E-state index in [4.69, 9.17) is 0 Å². The number of fused-ring (bicyclic) bond motifs is 1. The number of thiophene rings is 1. The summed E-state index contributed by atoms with van der Waals surface area (Å²) in [5.74, 6) is 0.662. The van der Waals surface area contributed by atoms with Crippen LogP contribution in [-0.4, -0.2) is 4.93 Å². The summed E-state index contributed by atoms with van der Waals surface area (Å²) >= 11 is 2.16. The van der Waals surface area contributed by atoms with Crippen molar-refractivity contribution < 1.29 is 21.2 Å². The molecule has 0 atom stereocenters. The number of hydrogen-bond acceptors (Lipinski definition) is 1. The molecule has 2 rings (SSSR count). The average molecular weight is 317 g/mol. The fourth-order valence-corrected chi connectivity index (χ4v) is 4.36. The van der Waals surface area contributed by atoms with E-state index in [-0.39, 0.29) is 21.2 Å². The van der Waals surface area contributed by atoms with E-state index in [9.17, 15) is 0 Å². The summed E-state index contributed by atoms with van der Waals surface area (Å²) in [7, 11) is 0. The van der Waals surface area contributed by atoms with Crippen LogP contribution in [0.15, 0.2) is 24.3 Å². The Kier molecular flexibility index (Phi) is 3.12. The Hall–Kier alpha value is -0.0900. The molecule has 0 N–H and O–H groups in total. The summed E-state index contributed by atoms with van der Waals surface area (Å²) in [6.07, 6.45) is 0. The van der Waals surface area contributed by atoms with Crippen molar-refractivity contribution in [1.82, 2.24) is 0 Å². The zero-order valence-corrected chi connectivity index (χ0v) is 11.6. The van der Waals surface area contributed by atoms with Crippen molar-refractivity contribution in [2.24, 2.45) is 0 Å². The van der Waals surface area contributed by atoms with E-state index in [0.29, 0.717) is 5.92 Å². The van der Waals surface area contributed by atoms with Gasteiger partial charge in [-0.25, -0.2) is 0 Å². The molecule has 0 radical (unpaired) electrons. The van der Waals surface area contributed by atoms with Crippen LogP contribution in [0.4, 0.5) is 0 Å². The Morgan fingerprint density at radius 2 is 2.07 bits per heavy atom. The first-order valence-corrected chi connectivity index (χ1v) is 8.79. The molecule has 0 spiro atoms. The van der Waals surface area contributed by atoms with Crippen molar-refractivity contribution in [2.45, 2.75) is 19.8 Å². The number of hydrogen-bond donors (Lipinski definition) is 0. The molecule has 0 amide bonds. The Labute approximate surface area is 99.6 Å². The van der Waals surface area contributed by atoms with Gasteiger partial charge in [0, 0.05) is 0 Å². The minimum atomic E-state index is 0.207. The molecular formula is C12H14IS-.